The fourth-order valence-corrected chi connectivity index (χ4v) is 1.18. The number of rotatable bonds is 4. The second kappa shape index (κ2) is 5.22. The van der Waals surface area contributed by atoms with Crippen LogP contribution in [-0.2, 0) is 4.79 Å². The Morgan fingerprint density at radius 2 is 2.06 bits per heavy atom. The summed E-state index contributed by atoms with van der Waals surface area (Å²) in [5.74, 6) is -0.235. The van der Waals surface area contributed by atoms with Crippen molar-refractivity contribution in [3.05, 3.63) is 39.9 Å². The molecule has 1 atom stereocenters. The van der Waals surface area contributed by atoms with Gasteiger partial charge in [-0.3, -0.25) is 14.9 Å². The molecule has 1 aromatic carbocycles. The Balaban J connectivity index is 2.66. The van der Waals surface area contributed by atoms with Crippen LogP contribution in [0.25, 0.3) is 0 Å². The first-order valence-electron chi connectivity index (χ1n) is 4.67. The molecule has 0 radical (unpaired) electrons. The summed E-state index contributed by atoms with van der Waals surface area (Å²) in [6.07, 6.45) is -0.857. The topological polar surface area (TPSA) is 92.5 Å². The van der Waals surface area contributed by atoms with E-state index in [9.17, 15) is 20.0 Å². The van der Waals surface area contributed by atoms with E-state index >= 15 is 0 Å². The summed E-state index contributed by atoms with van der Waals surface area (Å²) in [5.41, 5.74) is 0.495. The van der Waals surface area contributed by atoms with Crippen LogP contribution in [0.4, 0.5) is 5.69 Å². The van der Waals surface area contributed by atoms with E-state index in [2.05, 4.69) is 5.32 Å². The number of nitrogens with one attached hydrogen (secondary N) is 1. The molecule has 0 heterocycles. The standard InChI is InChI=1S/C10H12N2O4/c1-7(13)11-6-10(14)8-2-4-9(5-3-8)12(15)16/h2-5,10,14H,6H2,1H3,(H,11,13)/t10-/m1/s1. The monoisotopic (exact) mass is 224 g/mol. The number of hydrogen-bond acceptors (Lipinski definition) is 4. The van der Waals surface area contributed by atoms with Crippen molar-refractivity contribution in [1.29, 1.82) is 0 Å². The number of aliphatic hydroxyl groups excluding tert-OH is 1. The Labute approximate surface area is 92.0 Å². The van der Waals surface area contributed by atoms with Gasteiger partial charge in [0.2, 0.25) is 5.91 Å². The van der Waals surface area contributed by atoms with Crippen LogP contribution in [0.2, 0.25) is 0 Å². The minimum atomic E-state index is -0.857. The Kier molecular flexibility index (Phi) is 3.96. The summed E-state index contributed by atoms with van der Waals surface area (Å²) >= 11 is 0. The number of nitro groups is 1. The van der Waals surface area contributed by atoms with Crippen molar-refractivity contribution in [2.75, 3.05) is 6.54 Å². The molecular formula is C10H12N2O4. The second-order valence-electron chi connectivity index (χ2n) is 3.30. The second-order valence-corrected chi connectivity index (χ2v) is 3.30. The third-order valence-corrected chi connectivity index (χ3v) is 2.03. The highest BCUT2D eigenvalue weighted by Gasteiger charge is 2.10. The van der Waals surface area contributed by atoms with Crippen molar-refractivity contribution in [1.82, 2.24) is 5.32 Å². The highest BCUT2D eigenvalue weighted by Crippen LogP contribution is 2.17. The molecule has 1 aromatic rings. The summed E-state index contributed by atoms with van der Waals surface area (Å²) in [5, 5.41) is 22.5. The van der Waals surface area contributed by atoms with Crippen molar-refractivity contribution in [2.45, 2.75) is 13.0 Å². The van der Waals surface area contributed by atoms with Crippen molar-refractivity contribution in [3.63, 3.8) is 0 Å². The van der Waals surface area contributed by atoms with E-state index in [0.29, 0.717) is 5.56 Å². The lowest BCUT2D eigenvalue weighted by Gasteiger charge is -2.10. The molecule has 86 valence electrons. The molecule has 6 heteroatoms. The van der Waals surface area contributed by atoms with Gasteiger partial charge in [-0.2, -0.15) is 0 Å². The van der Waals surface area contributed by atoms with E-state index in [1.807, 2.05) is 0 Å². The van der Waals surface area contributed by atoms with Crippen molar-refractivity contribution in [3.8, 4) is 0 Å². The van der Waals surface area contributed by atoms with E-state index in [0.717, 1.165) is 0 Å². The quantitative estimate of drug-likeness (QED) is 0.583. The predicted octanol–water partition coefficient (Wildman–Crippen LogP) is 0.764. The average molecular weight is 224 g/mol. The number of nitrogens with zero attached hydrogens (tertiary/aromatic N) is 1. The van der Waals surface area contributed by atoms with Gasteiger partial charge in [0.15, 0.2) is 0 Å². The molecule has 0 fully saturated rings. The molecule has 0 aliphatic heterocycles. The van der Waals surface area contributed by atoms with E-state index in [1.54, 1.807) is 0 Å². The Hall–Kier alpha value is -1.95. The molecule has 0 saturated carbocycles. The van der Waals surface area contributed by atoms with Gasteiger partial charge < -0.3 is 10.4 Å². The Morgan fingerprint density at radius 1 is 1.50 bits per heavy atom. The smallest absolute Gasteiger partial charge is 0.269 e. The summed E-state index contributed by atoms with van der Waals surface area (Å²) in [6.45, 7) is 1.44. The fourth-order valence-electron chi connectivity index (χ4n) is 1.18. The number of amides is 1. The van der Waals surface area contributed by atoms with Gasteiger partial charge >= 0.3 is 0 Å². The van der Waals surface area contributed by atoms with Gasteiger partial charge in [-0.1, -0.05) is 0 Å². The summed E-state index contributed by atoms with van der Waals surface area (Å²) in [7, 11) is 0. The Bertz CT molecular complexity index is 388. The van der Waals surface area contributed by atoms with E-state index in [4.69, 9.17) is 0 Å². The summed E-state index contributed by atoms with van der Waals surface area (Å²) in [4.78, 5) is 20.5. The number of hydrogen-bond donors (Lipinski definition) is 2. The minimum absolute atomic E-state index is 0.0320. The first-order chi connectivity index (χ1) is 7.50. The number of carbonyl (C=O) groups excluding carboxylic acids is 1. The number of nitro benzene ring substituents is 1. The maximum absolute atomic E-state index is 10.6. The zero-order valence-electron chi connectivity index (χ0n) is 8.71. The SMILES string of the molecule is CC(=O)NC[C@@H](O)c1ccc([N+](=O)[O-])cc1. The maximum atomic E-state index is 10.6. The van der Waals surface area contributed by atoms with Crippen LogP contribution >= 0.6 is 0 Å². The minimum Gasteiger partial charge on any atom is -0.387 e. The zero-order valence-corrected chi connectivity index (χ0v) is 8.71. The normalized spacial score (nSPS) is 11.9. The molecule has 1 amide bonds. The van der Waals surface area contributed by atoms with Crippen molar-refractivity contribution < 1.29 is 14.8 Å². The molecule has 0 aliphatic carbocycles. The average Bonchev–Trinajstić information content (AvgIpc) is 2.26. The lowest BCUT2D eigenvalue weighted by atomic mass is 10.1. The molecule has 0 aliphatic rings. The van der Waals surface area contributed by atoms with Crippen molar-refractivity contribution >= 4 is 11.6 Å². The summed E-state index contributed by atoms with van der Waals surface area (Å²) in [6, 6.07) is 5.55. The van der Waals surface area contributed by atoms with Crippen molar-refractivity contribution in [2.24, 2.45) is 0 Å². The van der Waals surface area contributed by atoms with Crippen LogP contribution in [0.3, 0.4) is 0 Å². The molecular weight excluding hydrogens is 212 g/mol. The highest BCUT2D eigenvalue weighted by molar-refractivity contribution is 5.72. The lowest BCUT2D eigenvalue weighted by molar-refractivity contribution is -0.384. The van der Waals surface area contributed by atoms with Gasteiger partial charge in [-0.15, -0.1) is 0 Å². The van der Waals surface area contributed by atoms with Gasteiger partial charge in [0.1, 0.15) is 0 Å². The van der Waals surface area contributed by atoms with Crippen LogP contribution in [0.15, 0.2) is 24.3 Å². The van der Waals surface area contributed by atoms with Gasteiger partial charge in [-0.25, -0.2) is 0 Å². The molecule has 0 aromatic heterocycles. The summed E-state index contributed by atoms with van der Waals surface area (Å²) < 4.78 is 0. The van der Waals surface area contributed by atoms with E-state index < -0.39 is 11.0 Å². The highest BCUT2D eigenvalue weighted by atomic mass is 16.6. The third-order valence-electron chi connectivity index (χ3n) is 2.03. The molecule has 0 unspecified atom stereocenters. The molecule has 16 heavy (non-hydrogen) atoms. The van der Waals surface area contributed by atoms with Gasteiger partial charge in [-0.05, 0) is 17.7 Å². The van der Waals surface area contributed by atoms with Crippen LogP contribution < -0.4 is 5.32 Å². The number of aliphatic hydroxyl groups is 1. The number of benzene rings is 1. The van der Waals surface area contributed by atoms with E-state index in [1.165, 1.54) is 31.2 Å². The molecule has 6 nitrogen and oxygen atoms in total. The molecule has 0 bridgehead atoms. The maximum Gasteiger partial charge on any atom is 0.269 e. The molecule has 1 rings (SSSR count). The molecule has 2 N–H and O–H groups in total. The van der Waals surface area contributed by atoms with Crippen LogP contribution in [0.1, 0.15) is 18.6 Å². The zero-order chi connectivity index (χ0) is 12.1. The molecule has 0 spiro atoms. The van der Waals surface area contributed by atoms with E-state index in [-0.39, 0.29) is 18.1 Å². The first kappa shape index (κ1) is 12.1. The first-order valence-corrected chi connectivity index (χ1v) is 4.67. The van der Waals surface area contributed by atoms with Crippen LogP contribution in [0, 0.1) is 10.1 Å². The largest absolute Gasteiger partial charge is 0.387 e. The third kappa shape index (κ3) is 3.32. The predicted molar refractivity (Wildman–Crippen MR) is 56.7 cm³/mol. The number of carbonyl (C=O) groups is 1. The number of non-ortho nitro benzene ring substituents is 1. The van der Waals surface area contributed by atoms with Crippen LogP contribution in [0.5, 0.6) is 0 Å². The van der Waals surface area contributed by atoms with Gasteiger partial charge in [0.25, 0.3) is 5.69 Å². The van der Waals surface area contributed by atoms with Crippen LogP contribution in [-0.4, -0.2) is 22.5 Å². The Morgan fingerprint density at radius 3 is 2.50 bits per heavy atom. The van der Waals surface area contributed by atoms with Gasteiger partial charge in [0, 0.05) is 25.6 Å². The molecule has 0 saturated heterocycles. The lowest BCUT2D eigenvalue weighted by Crippen LogP contribution is -2.25. The fraction of sp³-hybridized carbons (Fsp3) is 0.300. The van der Waals surface area contributed by atoms with Gasteiger partial charge in [0.05, 0.1) is 11.0 Å².